The maximum atomic E-state index is 12.3. The van der Waals surface area contributed by atoms with Gasteiger partial charge in [0.05, 0.1) is 10.7 Å². The Morgan fingerprint density at radius 3 is 3.00 bits per heavy atom. The van der Waals surface area contributed by atoms with Gasteiger partial charge in [-0.3, -0.25) is 14.8 Å². The summed E-state index contributed by atoms with van der Waals surface area (Å²) in [5, 5.41) is 9.95. The van der Waals surface area contributed by atoms with E-state index in [1.165, 1.54) is 5.01 Å². The van der Waals surface area contributed by atoms with E-state index < -0.39 is 0 Å². The zero-order chi connectivity index (χ0) is 15.4. The van der Waals surface area contributed by atoms with Crippen LogP contribution in [0.5, 0.6) is 0 Å². The number of aromatic nitrogens is 3. The Labute approximate surface area is 134 Å². The third-order valence-corrected chi connectivity index (χ3v) is 4.94. The van der Waals surface area contributed by atoms with E-state index in [-0.39, 0.29) is 5.91 Å². The van der Waals surface area contributed by atoms with Crippen molar-refractivity contribution in [3.8, 4) is 0 Å². The van der Waals surface area contributed by atoms with Gasteiger partial charge in [0.15, 0.2) is 0 Å². The molecule has 0 spiro atoms. The largest absolute Gasteiger partial charge is 0.336 e. The molecule has 0 aliphatic carbocycles. The fourth-order valence-corrected chi connectivity index (χ4v) is 3.43. The van der Waals surface area contributed by atoms with Crippen LogP contribution >= 0.6 is 11.3 Å². The Morgan fingerprint density at radius 1 is 1.36 bits per heavy atom. The van der Waals surface area contributed by atoms with Gasteiger partial charge in [-0.05, 0) is 18.9 Å². The molecule has 3 rings (SSSR count). The zero-order valence-corrected chi connectivity index (χ0v) is 13.6. The van der Waals surface area contributed by atoms with Gasteiger partial charge in [0.25, 0.3) is 5.91 Å². The summed E-state index contributed by atoms with van der Waals surface area (Å²) in [6.45, 7) is 6.45. The number of thiazole rings is 1. The van der Waals surface area contributed by atoms with E-state index in [2.05, 4.69) is 32.4 Å². The topological polar surface area (TPSA) is 65.1 Å². The Morgan fingerprint density at radius 2 is 2.27 bits per heavy atom. The van der Waals surface area contributed by atoms with Crippen molar-refractivity contribution in [3.05, 3.63) is 34.0 Å². The Kier molecular flexibility index (Phi) is 4.84. The van der Waals surface area contributed by atoms with Crippen molar-refractivity contribution in [2.75, 3.05) is 26.2 Å². The number of nitrogens with zero attached hydrogens (tertiary/aromatic N) is 4. The minimum atomic E-state index is 0.0428. The van der Waals surface area contributed by atoms with Gasteiger partial charge in [0.1, 0.15) is 5.69 Å². The molecule has 0 bridgehead atoms. The fourth-order valence-electron chi connectivity index (χ4n) is 2.69. The molecule has 1 amide bonds. The quantitative estimate of drug-likeness (QED) is 0.933. The average molecular weight is 319 g/mol. The van der Waals surface area contributed by atoms with Crippen LogP contribution in [0.25, 0.3) is 0 Å². The zero-order valence-electron chi connectivity index (χ0n) is 12.8. The van der Waals surface area contributed by atoms with Crippen molar-refractivity contribution in [1.29, 1.82) is 0 Å². The number of aromatic amines is 1. The highest BCUT2D eigenvalue weighted by atomic mass is 32.1. The van der Waals surface area contributed by atoms with Crippen LogP contribution in [0.3, 0.4) is 0 Å². The third-order valence-electron chi connectivity index (χ3n) is 3.89. The molecule has 1 aliphatic heterocycles. The van der Waals surface area contributed by atoms with Crippen LogP contribution in [-0.2, 0) is 13.0 Å². The lowest BCUT2D eigenvalue weighted by Crippen LogP contribution is -2.35. The molecule has 2 aromatic heterocycles. The molecular weight excluding hydrogens is 298 g/mol. The summed E-state index contributed by atoms with van der Waals surface area (Å²) in [4.78, 5) is 21.3. The van der Waals surface area contributed by atoms with Crippen LogP contribution in [0.1, 0.15) is 34.5 Å². The maximum absolute atomic E-state index is 12.3. The first-order valence-corrected chi connectivity index (χ1v) is 8.58. The highest BCUT2D eigenvalue weighted by Crippen LogP contribution is 2.14. The summed E-state index contributed by atoms with van der Waals surface area (Å²) < 4.78 is 0. The normalized spacial score (nSPS) is 16.7. The Bertz CT molecular complexity index is 609. The number of hydrogen-bond acceptors (Lipinski definition) is 5. The molecule has 3 heterocycles. The van der Waals surface area contributed by atoms with Gasteiger partial charge in [0.2, 0.25) is 0 Å². The van der Waals surface area contributed by atoms with Crippen LogP contribution in [0, 0.1) is 0 Å². The van der Waals surface area contributed by atoms with Crippen LogP contribution in [-0.4, -0.2) is 57.1 Å². The van der Waals surface area contributed by atoms with Gasteiger partial charge in [-0.25, -0.2) is 4.98 Å². The molecular formula is C15H21N5OS. The molecule has 2 aromatic rings. The molecule has 22 heavy (non-hydrogen) atoms. The van der Waals surface area contributed by atoms with Gasteiger partial charge in [0, 0.05) is 44.3 Å². The summed E-state index contributed by atoms with van der Waals surface area (Å²) in [7, 11) is 0. The molecule has 0 atom stereocenters. The van der Waals surface area contributed by atoms with Crippen LogP contribution in [0.15, 0.2) is 17.6 Å². The molecule has 118 valence electrons. The van der Waals surface area contributed by atoms with Crippen molar-refractivity contribution < 1.29 is 4.79 Å². The van der Waals surface area contributed by atoms with Crippen molar-refractivity contribution in [1.82, 2.24) is 25.0 Å². The predicted molar refractivity (Wildman–Crippen MR) is 85.9 cm³/mol. The van der Waals surface area contributed by atoms with Crippen LogP contribution in [0.4, 0.5) is 0 Å². The highest BCUT2D eigenvalue weighted by Gasteiger charge is 2.21. The second kappa shape index (κ2) is 7.02. The number of hydrogen-bond donors (Lipinski definition) is 1. The van der Waals surface area contributed by atoms with E-state index in [9.17, 15) is 4.79 Å². The molecule has 0 saturated carbocycles. The summed E-state index contributed by atoms with van der Waals surface area (Å²) in [5.74, 6) is 0.0428. The number of H-pyrrole nitrogens is 1. The second-order valence-corrected chi connectivity index (χ2v) is 6.42. The third kappa shape index (κ3) is 3.53. The predicted octanol–water partition coefficient (Wildman–Crippen LogP) is 1.78. The number of amides is 1. The van der Waals surface area contributed by atoms with Gasteiger partial charge in [-0.2, -0.15) is 5.10 Å². The standard InChI is InChI=1S/C15H21N5OS/c1-2-14-17-12(11-22-14)10-19-6-3-7-20(9-8-19)15(21)13-4-5-16-18-13/h4-5,11H,2-3,6-10H2,1H3,(H,16,18). The minimum absolute atomic E-state index is 0.0428. The van der Waals surface area contributed by atoms with E-state index in [4.69, 9.17) is 0 Å². The van der Waals surface area contributed by atoms with Gasteiger partial charge in [-0.1, -0.05) is 6.92 Å². The monoisotopic (exact) mass is 319 g/mol. The van der Waals surface area contributed by atoms with E-state index in [0.717, 1.165) is 51.3 Å². The molecule has 0 unspecified atom stereocenters. The van der Waals surface area contributed by atoms with Crippen molar-refractivity contribution in [2.45, 2.75) is 26.3 Å². The van der Waals surface area contributed by atoms with E-state index in [1.54, 1.807) is 23.6 Å². The van der Waals surface area contributed by atoms with E-state index >= 15 is 0 Å². The van der Waals surface area contributed by atoms with E-state index in [1.807, 2.05) is 4.90 Å². The van der Waals surface area contributed by atoms with E-state index in [0.29, 0.717) is 5.69 Å². The average Bonchev–Trinajstić information content (AvgIpc) is 3.16. The minimum Gasteiger partial charge on any atom is -0.336 e. The number of carbonyl (C=O) groups is 1. The summed E-state index contributed by atoms with van der Waals surface area (Å²) >= 11 is 1.73. The first-order valence-electron chi connectivity index (χ1n) is 7.70. The summed E-state index contributed by atoms with van der Waals surface area (Å²) in [5.41, 5.74) is 1.72. The van der Waals surface area contributed by atoms with Crippen molar-refractivity contribution in [3.63, 3.8) is 0 Å². The smallest absolute Gasteiger partial charge is 0.271 e. The van der Waals surface area contributed by atoms with Crippen molar-refractivity contribution in [2.24, 2.45) is 0 Å². The summed E-state index contributed by atoms with van der Waals surface area (Å²) in [6, 6.07) is 1.73. The van der Waals surface area contributed by atoms with Gasteiger partial charge in [-0.15, -0.1) is 11.3 Å². The Hall–Kier alpha value is -1.73. The molecule has 6 nitrogen and oxygen atoms in total. The highest BCUT2D eigenvalue weighted by molar-refractivity contribution is 7.09. The molecule has 1 fully saturated rings. The number of nitrogens with one attached hydrogen (secondary N) is 1. The first-order chi connectivity index (χ1) is 10.8. The lowest BCUT2D eigenvalue weighted by molar-refractivity contribution is 0.0755. The molecule has 1 aliphatic rings. The number of aryl methyl sites for hydroxylation is 1. The second-order valence-electron chi connectivity index (χ2n) is 5.48. The number of carbonyl (C=O) groups excluding carboxylic acids is 1. The lowest BCUT2D eigenvalue weighted by atomic mass is 10.3. The maximum Gasteiger partial charge on any atom is 0.271 e. The lowest BCUT2D eigenvalue weighted by Gasteiger charge is -2.21. The first kappa shape index (κ1) is 15.2. The molecule has 0 radical (unpaired) electrons. The van der Waals surface area contributed by atoms with Gasteiger partial charge < -0.3 is 4.90 Å². The van der Waals surface area contributed by atoms with Gasteiger partial charge >= 0.3 is 0 Å². The van der Waals surface area contributed by atoms with Crippen LogP contribution < -0.4 is 0 Å². The van der Waals surface area contributed by atoms with Crippen LogP contribution in [0.2, 0.25) is 0 Å². The molecule has 1 saturated heterocycles. The molecule has 7 heteroatoms. The fraction of sp³-hybridized carbons (Fsp3) is 0.533. The Balaban J connectivity index is 1.56. The SMILES string of the molecule is CCc1nc(CN2CCCN(C(=O)c3ccn[nH]3)CC2)cs1. The van der Waals surface area contributed by atoms with Crippen molar-refractivity contribution >= 4 is 17.2 Å². The summed E-state index contributed by atoms with van der Waals surface area (Å²) in [6.07, 6.45) is 3.60. The molecule has 1 N–H and O–H groups in total. The number of rotatable bonds is 4. The molecule has 0 aromatic carbocycles.